The van der Waals surface area contributed by atoms with Crippen LogP contribution in [-0.4, -0.2) is 11.8 Å². The molecule has 78 valence electrons. The lowest BCUT2D eigenvalue weighted by Gasteiger charge is -2.00. The molecular weight excluding hydrogens is 227 g/mol. The summed E-state index contributed by atoms with van der Waals surface area (Å²) in [4.78, 5) is 21.5. The average Bonchev–Trinajstić information content (AvgIpc) is 2.04. The minimum Gasteiger partial charge on any atom is -0.366 e. The maximum atomic E-state index is 10.7. The molecule has 0 heterocycles. The summed E-state index contributed by atoms with van der Waals surface area (Å²) in [5.74, 6) is -1.30. The molecule has 14 heavy (non-hydrogen) atoms. The van der Waals surface area contributed by atoms with Crippen LogP contribution < -0.4 is 11.5 Å². The van der Waals surface area contributed by atoms with Crippen LogP contribution in [0.15, 0.2) is 24.3 Å². The first-order chi connectivity index (χ1) is 5.63. The molecule has 0 fully saturated rings. The molecule has 6 heteroatoms. The van der Waals surface area contributed by atoms with E-state index in [9.17, 15) is 9.59 Å². The van der Waals surface area contributed by atoms with Gasteiger partial charge in [0.25, 0.3) is 0 Å². The second-order valence-electron chi connectivity index (χ2n) is 2.27. The Morgan fingerprint density at radius 2 is 1.14 bits per heavy atom. The molecule has 1 rings (SSSR count). The van der Waals surface area contributed by atoms with Gasteiger partial charge in [0.1, 0.15) is 0 Å². The molecule has 4 nitrogen and oxygen atoms in total. The van der Waals surface area contributed by atoms with Gasteiger partial charge < -0.3 is 11.5 Å². The van der Waals surface area contributed by atoms with Gasteiger partial charge >= 0.3 is 0 Å². The maximum Gasteiger partial charge on any atom is 0.249 e. The normalized spacial score (nSPS) is 8.00. The van der Waals surface area contributed by atoms with Crippen molar-refractivity contribution in [2.45, 2.75) is 0 Å². The molecule has 0 radical (unpaired) electrons. The SMILES string of the molecule is Cl.Cl.NC(=O)c1ccccc1C(N)=O. The van der Waals surface area contributed by atoms with E-state index in [1.807, 2.05) is 0 Å². The lowest BCUT2D eigenvalue weighted by molar-refractivity contribution is 0.0967. The minimum absolute atomic E-state index is 0. The first kappa shape index (κ1) is 15.2. The van der Waals surface area contributed by atoms with Gasteiger partial charge in [-0.25, -0.2) is 0 Å². The van der Waals surface area contributed by atoms with Gasteiger partial charge in [-0.3, -0.25) is 9.59 Å². The quantitative estimate of drug-likeness (QED) is 0.794. The van der Waals surface area contributed by atoms with E-state index in [2.05, 4.69) is 0 Å². The van der Waals surface area contributed by atoms with Gasteiger partial charge in [-0.1, -0.05) is 12.1 Å². The predicted octanol–water partition coefficient (Wildman–Crippen LogP) is 0.728. The third-order valence-corrected chi connectivity index (χ3v) is 1.46. The van der Waals surface area contributed by atoms with Crippen molar-refractivity contribution < 1.29 is 9.59 Å². The number of primary amides is 2. The Morgan fingerprint density at radius 3 is 1.36 bits per heavy atom. The number of hydrogen-bond donors (Lipinski definition) is 2. The molecule has 0 aliphatic carbocycles. The van der Waals surface area contributed by atoms with E-state index in [-0.39, 0.29) is 35.9 Å². The Labute approximate surface area is 93.5 Å². The molecule has 1 aromatic rings. The van der Waals surface area contributed by atoms with Crippen LogP contribution in [0.2, 0.25) is 0 Å². The van der Waals surface area contributed by atoms with Gasteiger partial charge in [0, 0.05) is 0 Å². The van der Waals surface area contributed by atoms with Crippen LogP contribution in [0.5, 0.6) is 0 Å². The number of benzene rings is 1. The summed E-state index contributed by atoms with van der Waals surface area (Å²) in [5, 5.41) is 0. The molecule has 0 saturated carbocycles. The number of rotatable bonds is 2. The van der Waals surface area contributed by atoms with Gasteiger partial charge in [0.05, 0.1) is 11.1 Å². The van der Waals surface area contributed by atoms with E-state index in [0.29, 0.717) is 0 Å². The molecule has 0 unspecified atom stereocenters. The van der Waals surface area contributed by atoms with Crippen LogP contribution in [0.25, 0.3) is 0 Å². The molecule has 0 atom stereocenters. The number of nitrogens with two attached hydrogens (primary N) is 2. The zero-order valence-corrected chi connectivity index (χ0v) is 8.73. The van der Waals surface area contributed by atoms with Gasteiger partial charge in [0.15, 0.2) is 0 Å². The van der Waals surface area contributed by atoms with Crippen molar-refractivity contribution in [3.05, 3.63) is 35.4 Å². The Bertz CT molecular complexity index is 309. The van der Waals surface area contributed by atoms with Gasteiger partial charge in [-0.15, -0.1) is 24.8 Å². The van der Waals surface area contributed by atoms with Crippen LogP contribution in [0, 0.1) is 0 Å². The second-order valence-corrected chi connectivity index (χ2v) is 2.27. The molecule has 1 aromatic carbocycles. The molecule has 0 bridgehead atoms. The summed E-state index contributed by atoms with van der Waals surface area (Å²) >= 11 is 0. The van der Waals surface area contributed by atoms with Crippen molar-refractivity contribution in [1.82, 2.24) is 0 Å². The van der Waals surface area contributed by atoms with Crippen molar-refractivity contribution in [1.29, 1.82) is 0 Å². The molecule has 0 aromatic heterocycles. The monoisotopic (exact) mass is 236 g/mol. The lowest BCUT2D eigenvalue weighted by atomic mass is 10.1. The highest BCUT2D eigenvalue weighted by atomic mass is 35.5. The summed E-state index contributed by atoms with van der Waals surface area (Å²) in [7, 11) is 0. The van der Waals surface area contributed by atoms with Crippen molar-refractivity contribution in [2.24, 2.45) is 11.5 Å². The molecule has 2 amide bonds. The summed E-state index contributed by atoms with van der Waals surface area (Å²) in [6.07, 6.45) is 0. The summed E-state index contributed by atoms with van der Waals surface area (Å²) in [5.41, 5.74) is 10.3. The van der Waals surface area contributed by atoms with E-state index in [0.717, 1.165) is 0 Å². The Hall–Kier alpha value is -1.26. The van der Waals surface area contributed by atoms with Crippen molar-refractivity contribution in [3.8, 4) is 0 Å². The maximum absolute atomic E-state index is 10.7. The van der Waals surface area contributed by atoms with Gasteiger partial charge in [-0.2, -0.15) is 0 Å². The Kier molecular flexibility index (Phi) is 6.78. The topological polar surface area (TPSA) is 86.2 Å². The standard InChI is InChI=1S/C8H8N2O2.2ClH/c9-7(11)5-3-1-2-4-6(5)8(10)12;;/h1-4H,(H2,9,11)(H2,10,12);2*1H. The number of amides is 2. The Morgan fingerprint density at radius 1 is 0.857 bits per heavy atom. The van der Waals surface area contributed by atoms with E-state index in [4.69, 9.17) is 11.5 Å². The zero-order chi connectivity index (χ0) is 9.14. The summed E-state index contributed by atoms with van der Waals surface area (Å²) < 4.78 is 0. The zero-order valence-electron chi connectivity index (χ0n) is 7.10. The highest BCUT2D eigenvalue weighted by Crippen LogP contribution is 2.06. The largest absolute Gasteiger partial charge is 0.366 e. The van der Waals surface area contributed by atoms with E-state index < -0.39 is 11.8 Å². The van der Waals surface area contributed by atoms with E-state index >= 15 is 0 Å². The minimum atomic E-state index is -0.649. The summed E-state index contributed by atoms with van der Waals surface area (Å²) in [6.45, 7) is 0. The fourth-order valence-electron chi connectivity index (χ4n) is 0.913. The van der Waals surface area contributed by atoms with Crippen molar-refractivity contribution in [2.75, 3.05) is 0 Å². The highest BCUT2D eigenvalue weighted by molar-refractivity contribution is 6.06. The van der Waals surface area contributed by atoms with Crippen LogP contribution in [0.1, 0.15) is 20.7 Å². The first-order valence-electron chi connectivity index (χ1n) is 3.31. The smallest absolute Gasteiger partial charge is 0.249 e. The van der Waals surface area contributed by atoms with Crippen molar-refractivity contribution in [3.63, 3.8) is 0 Å². The van der Waals surface area contributed by atoms with E-state index in [1.165, 1.54) is 12.1 Å². The summed E-state index contributed by atoms with van der Waals surface area (Å²) in [6, 6.07) is 6.16. The third kappa shape index (κ3) is 3.24. The number of halogens is 2. The predicted molar refractivity (Wildman–Crippen MR) is 58.0 cm³/mol. The molecule has 0 aliphatic heterocycles. The average molecular weight is 237 g/mol. The number of hydrogen-bond acceptors (Lipinski definition) is 2. The fourth-order valence-corrected chi connectivity index (χ4v) is 0.913. The third-order valence-electron chi connectivity index (χ3n) is 1.46. The molecule has 4 N–H and O–H groups in total. The van der Waals surface area contributed by atoms with Crippen LogP contribution in [0.4, 0.5) is 0 Å². The van der Waals surface area contributed by atoms with Gasteiger partial charge in [-0.05, 0) is 12.1 Å². The molecular formula is C8H10Cl2N2O2. The van der Waals surface area contributed by atoms with Gasteiger partial charge in [0.2, 0.25) is 11.8 Å². The fraction of sp³-hybridized carbons (Fsp3) is 0. The second kappa shape index (κ2) is 6.23. The number of carbonyl (C=O) groups is 2. The van der Waals surface area contributed by atoms with Crippen LogP contribution in [-0.2, 0) is 0 Å². The Balaban J connectivity index is 0. The first-order valence-corrected chi connectivity index (χ1v) is 3.31. The van der Waals surface area contributed by atoms with Crippen molar-refractivity contribution >= 4 is 36.6 Å². The number of carbonyl (C=O) groups excluding carboxylic acids is 2. The van der Waals surface area contributed by atoms with E-state index in [1.54, 1.807) is 12.1 Å². The lowest BCUT2D eigenvalue weighted by Crippen LogP contribution is -2.20. The van der Waals surface area contributed by atoms with Crippen LogP contribution >= 0.6 is 24.8 Å². The van der Waals surface area contributed by atoms with Crippen LogP contribution in [0.3, 0.4) is 0 Å². The molecule has 0 aliphatic rings. The molecule has 0 spiro atoms. The highest BCUT2D eigenvalue weighted by Gasteiger charge is 2.10. The molecule has 0 saturated heterocycles.